The van der Waals surface area contributed by atoms with Crippen LogP contribution in [0, 0.1) is 17.5 Å². The van der Waals surface area contributed by atoms with Crippen LogP contribution in [0.4, 0.5) is 13.2 Å². The predicted octanol–water partition coefficient (Wildman–Crippen LogP) is 3.05. The monoisotopic (exact) mass is 335 g/mol. The molecule has 0 aliphatic heterocycles. The molecule has 0 aliphatic rings. The molecule has 0 amide bonds. The molecule has 0 bridgehead atoms. The summed E-state index contributed by atoms with van der Waals surface area (Å²) in [6.07, 6.45) is 1.15. The predicted molar refractivity (Wildman–Crippen MR) is 89.5 cm³/mol. The molecule has 0 spiro atoms. The van der Waals surface area contributed by atoms with Crippen molar-refractivity contribution in [3.05, 3.63) is 71.0 Å². The van der Waals surface area contributed by atoms with Gasteiger partial charge >= 0.3 is 0 Å². The Labute approximate surface area is 139 Å². The maximum Gasteiger partial charge on any atom is 0.190 e. The molecule has 2 aromatic carbocycles. The average molecular weight is 335 g/mol. The van der Waals surface area contributed by atoms with E-state index in [0.717, 1.165) is 18.1 Å². The fraction of sp³-hybridized carbons (Fsp3) is 0.278. The fourth-order valence-electron chi connectivity index (χ4n) is 2.24. The summed E-state index contributed by atoms with van der Waals surface area (Å²) in [5.74, 6) is -0.782. The number of guanidine groups is 1. The van der Waals surface area contributed by atoms with Crippen LogP contribution in [-0.4, -0.2) is 26.1 Å². The number of hydrogen-bond acceptors (Lipinski definition) is 1. The van der Waals surface area contributed by atoms with E-state index in [9.17, 15) is 13.2 Å². The smallest absolute Gasteiger partial charge is 0.190 e. The first-order chi connectivity index (χ1) is 11.6. The molecule has 0 atom stereocenters. The first-order valence-electron chi connectivity index (χ1n) is 7.71. The number of nitrogens with one attached hydrogen (secondary N) is 2. The van der Waals surface area contributed by atoms with Crippen molar-refractivity contribution in [3.8, 4) is 0 Å². The van der Waals surface area contributed by atoms with Crippen molar-refractivity contribution in [1.82, 2.24) is 10.6 Å². The van der Waals surface area contributed by atoms with Crippen LogP contribution in [0.1, 0.15) is 11.1 Å². The van der Waals surface area contributed by atoms with Crippen molar-refractivity contribution in [1.29, 1.82) is 0 Å². The van der Waals surface area contributed by atoms with Gasteiger partial charge in [0.1, 0.15) is 17.5 Å². The third kappa shape index (κ3) is 5.61. The maximum absolute atomic E-state index is 13.5. The first kappa shape index (κ1) is 17.8. The van der Waals surface area contributed by atoms with Crippen LogP contribution < -0.4 is 10.6 Å². The summed E-state index contributed by atoms with van der Waals surface area (Å²) in [6.45, 7) is 1.11. The van der Waals surface area contributed by atoms with Crippen LogP contribution >= 0.6 is 0 Å². The SMILES string of the molecule is CN=C(NCCc1ccc(F)cc1)NCCc1ccc(F)cc1F. The molecule has 0 aromatic heterocycles. The zero-order chi connectivity index (χ0) is 17.4. The van der Waals surface area contributed by atoms with E-state index in [4.69, 9.17) is 0 Å². The minimum Gasteiger partial charge on any atom is -0.356 e. The topological polar surface area (TPSA) is 36.4 Å². The Morgan fingerprint density at radius 1 is 0.875 bits per heavy atom. The molecule has 128 valence electrons. The second kappa shape index (κ2) is 8.96. The summed E-state index contributed by atoms with van der Waals surface area (Å²) in [4.78, 5) is 4.08. The standard InChI is InChI=1S/C18H20F3N3/c1-22-18(23-10-8-13-2-5-15(19)6-3-13)24-11-9-14-4-7-16(20)12-17(14)21/h2-7,12H,8-11H2,1H3,(H2,22,23,24). The van der Waals surface area contributed by atoms with E-state index in [1.165, 1.54) is 24.3 Å². The van der Waals surface area contributed by atoms with E-state index in [2.05, 4.69) is 15.6 Å². The molecule has 0 saturated carbocycles. The fourth-order valence-corrected chi connectivity index (χ4v) is 2.24. The first-order valence-corrected chi connectivity index (χ1v) is 7.71. The highest BCUT2D eigenvalue weighted by molar-refractivity contribution is 5.79. The van der Waals surface area contributed by atoms with Crippen LogP contribution in [-0.2, 0) is 12.8 Å². The molecule has 0 radical (unpaired) electrons. The molecule has 0 aliphatic carbocycles. The van der Waals surface area contributed by atoms with Gasteiger partial charge in [0.05, 0.1) is 0 Å². The van der Waals surface area contributed by atoms with Crippen molar-refractivity contribution in [2.24, 2.45) is 4.99 Å². The molecule has 0 unspecified atom stereocenters. The van der Waals surface area contributed by atoms with Gasteiger partial charge < -0.3 is 10.6 Å². The largest absolute Gasteiger partial charge is 0.356 e. The van der Waals surface area contributed by atoms with E-state index in [0.29, 0.717) is 31.0 Å². The number of rotatable bonds is 6. The summed E-state index contributed by atoms with van der Waals surface area (Å²) < 4.78 is 39.2. The molecule has 2 aromatic rings. The molecule has 0 heterocycles. The summed E-state index contributed by atoms with van der Waals surface area (Å²) in [6, 6.07) is 9.91. The number of hydrogen-bond donors (Lipinski definition) is 2. The summed E-state index contributed by atoms with van der Waals surface area (Å²) >= 11 is 0. The molecular formula is C18H20F3N3. The number of aliphatic imine (C=N–C) groups is 1. The van der Waals surface area contributed by atoms with E-state index in [1.807, 2.05) is 0 Å². The van der Waals surface area contributed by atoms with Gasteiger partial charge in [0.15, 0.2) is 5.96 Å². The van der Waals surface area contributed by atoms with Crippen LogP contribution in [0.2, 0.25) is 0 Å². The van der Waals surface area contributed by atoms with Crippen molar-refractivity contribution in [2.45, 2.75) is 12.8 Å². The van der Waals surface area contributed by atoms with Crippen molar-refractivity contribution < 1.29 is 13.2 Å². The molecular weight excluding hydrogens is 315 g/mol. The van der Waals surface area contributed by atoms with Crippen molar-refractivity contribution in [2.75, 3.05) is 20.1 Å². The van der Waals surface area contributed by atoms with Gasteiger partial charge in [-0.05, 0) is 42.2 Å². The van der Waals surface area contributed by atoms with Gasteiger partial charge in [-0.15, -0.1) is 0 Å². The summed E-state index contributed by atoms with van der Waals surface area (Å²) in [5.41, 5.74) is 1.47. The zero-order valence-electron chi connectivity index (χ0n) is 13.5. The van der Waals surface area contributed by atoms with E-state index >= 15 is 0 Å². The minimum absolute atomic E-state index is 0.253. The molecule has 3 nitrogen and oxygen atoms in total. The maximum atomic E-state index is 13.5. The highest BCUT2D eigenvalue weighted by atomic mass is 19.1. The lowest BCUT2D eigenvalue weighted by molar-refractivity contribution is 0.570. The Bertz CT molecular complexity index is 684. The molecule has 2 rings (SSSR count). The van der Waals surface area contributed by atoms with Crippen LogP contribution in [0.15, 0.2) is 47.5 Å². The average Bonchev–Trinajstić information content (AvgIpc) is 2.57. The molecule has 0 saturated heterocycles. The molecule has 0 fully saturated rings. The Balaban J connectivity index is 1.73. The number of benzene rings is 2. The quantitative estimate of drug-likeness (QED) is 0.629. The number of nitrogens with zero attached hydrogens (tertiary/aromatic N) is 1. The van der Waals surface area contributed by atoms with Gasteiger partial charge in [-0.25, -0.2) is 13.2 Å². The van der Waals surface area contributed by atoms with Crippen molar-refractivity contribution >= 4 is 5.96 Å². The Morgan fingerprint density at radius 3 is 2.12 bits per heavy atom. The Morgan fingerprint density at radius 2 is 1.50 bits per heavy atom. The normalized spacial score (nSPS) is 11.4. The highest BCUT2D eigenvalue weighted by Gasteiger charge is 2.04. The van der Waals surface area contributed by atoms with Gasteiger partial charge in [0, 0.05) is 26.2 Å². The highest BCUT2D eigenvalue weighted by Crippen LogP contribution is 2.09. The van der Waals surface area contributed by atoms with Gasteiger partial charge in [-0.2, -0.15) is 0 Å². The van der Waals surface area contributed by atoms with E-state index in [1.54, 1.807) is 19.2 Å². The third-order valence-electron chi connectivity index (χ3n) is 3.54. The lowest BCUT2D eigenvalue weighted by Gasteiger charge is -2.12. The van der Waals surface area contributed by atoms with E-state index < -0.39 is 11.6 Å². The minimum atomic E-state index is -0.581. The van der Waals surface area contributed by atoms with Crippen LogP contribution in [0.5, 0.6) is 0 Å². The molecule has 6 heteroatoms. The van der Waals surface area contributed by atoms with Gasteiger partial charge in [0.2, 0.25) is 0 Å². The Kier molecular flexibility index (Phi) is 6.66. The zero-order valence-corrected chi connectivity index (χ0v) is 13.5. The van der Waals surface area contributed by atoms with Crippen molar-refractivity contribution in [3.63, 3.8) is 0 Å². The summed E-state index contributed by atoms with van der Waals surface area (Å²) in [5, 5.41) is 6.21. The van der Waals surface area contributed by atoms with Crippen LogP contribution in [0.25, 0.3) is 0 Å². The Hall–Kier alpha value is -2.50. The van der Waals surface area contributed by atoms with Crippen LogP contribution in [0.3, 0.4) is 0 Å². The van der Waals surface area contributed by atoms with E-state index in [-0.39, 0.29) is 5.82 Å². The van der Waals surface area contributed by atoms with Gasteiger partial charge in [-0.3, -0.25) is 4.99 Å². The number of halogens is 3. The second-order valence-electron chi connectivity index (χ2n) is 5.29. The van der Waals surface area contributed by atoms with Gasteiger partial charge in [-0.1, -0.05) is 18.2 Å². The third-order valence-corrected chi connectivity index (χ3v) is 3.54. The summed E-state index contributed by atoms with van der Waals surface area (Å²) in [7, 11) is 1.64. The molecule has 24 heavy (non-hydrogen) atoms. The van der Waals surface area contributed by atoms with Gasteiger partial charge in [0.25, 0.3) is 0 Å². The lowest BCUT2D eigenvalue weighted by Crippen LogP contribution is -2.39. The second-order valence-corrected chi connectivity index (χ2v) is 5.29. The molecule has 2 N–H and O–H groups in total. The lowest BCUT2D eigenvalue weighted by atomic mass is 10.1.